The maximum absolute atomic E-state index is 10.3. The number of hydrogen-bond donors (Lipinski definition) is 4. The van der Waals surface area contributed by atoms with Crippen LogP contribution in [0.25, 0.3) is 11.3 Å². The average Bonchev–Trinajstić information content (AvgIpc) is 3.49. The fourth-order valence-corrected chi connectivity index (χ4v) is 4.87. The van der Waals surface area contributed by atoms with Crippen molar-refractivity contribution in [2.75, 3.05) is 30.3 Å². The molecule has 0 spiro atoms. The van der Waals surface area contributed by atoms with Crippen LogP contribution < -0.4 is 16.0 Å². The summed E-state index contributed by atoms with van der Waals surface area (Å²) in [5.41, 5.74) is 4.41. The predicted octanol–water partition coefficient (Wildman–Crippen LogP) is 3.10. The van der Waals surface area contributed by atoms with Crippen LogP contribution in [-0.2, 0) is 6.54 Å². The largest absolute Gasteiger partial charge is 0.391 e. The van der Waals surface area contributed by atoms with Gasteiger partial charge < -0.3 is 25.6 Å². The zero-order valence-corrected chi connectivity index (χ0v) is 20.0. The monoisotopic (exact) mass is 472 g/mol. The molecule has 9 heteroatoms. The molecule has 1 aromatic carbocycles. The van der Waals surface area contributed by atoms with Crippen molar-refractivity contribution < 1.29 is 5.11 Å². The summed E-state index contributed by atoms with van der Waals surface area (Å²) < 4.78 is 3.99. The van der Waals surface area contributed by atoms with Crippen molar-refractivity contribution in [3.05, 3.63) is 65.9 Å². The highest BCUT2D eigenvalue weighted by atomic mass is 16.3. The van der Waals surface area contributed by atoms with E-state index < -0.39 is 0 Å². The molecule has 9 nitrogen and oxygen atoms in total. The van der Waals surface area contributed by atoms with Gasteiger partial charge in [-0.15, -0.1) is 0 Å². The van der Waals surface area contributed by atoms with E-state index in [4.69, 9.17) is 4.98 Å². The van der Waals surface area contributed by atoms with Crippen LogP contribution in [0.5, 0.6) is 0 Å². The van der Waals surface area contributed by atoms with Crippen LogP contribution in [0.1, 0.15) is 42.1 Å². The normalized spacial score (nSPS) is 20.3. The van der Waals surface area contributed by atoms with Crippen LogP contribution in [0.2, 0.25) is 0 Å². The van der Waals surface area contributed by atoms with Crippen molar-refractivity contribution in [3.8, 4) is 5.69 Å². The number of aliphatic hydroxyl groups is 1. The molecule has 0 radical (unpaired) electrons. The molecule has 0 unspecified atom stereocenters. The Hall–Kier alpha value is -3.43. The average molecular weight is 473 g/mol. The minimum atomic E-state index is -0.330. The highest BCUT2D eigenvalue weighted by molar-refractivity contribution is 5.61. The Labute approximate surface area is 204 Å². The first-order chi connectivity index (χ1) is 17.2. The van der Waals surface area contributed by atoms with Crippen molar-refractivity contribution in [2.45, 2.75) is 44.8 Å². The number of aryl methyl sites for hydroxylation is 1. The smallest absolute Gasteiger partial charge is 0.163 e. The third-order valence-corrected chi connectivity index (χ3v) is 7.17. The third kappa shape index (κ3) is 4.61. The molecule has 1 saturated carbocycles. The molecule has 1 aliphatic heterocycles. The Balaban J connectivity index is 1.21. The summed E-state index contributed by atoms with van der Waals surface area (Å²) in [7, 11) is 0. The van der Waals surface area contributed by atoms with Gasteiger partial charge in [0.05, 0.1) is 12.3 Å². The first kappa shape index (κ1) is 22.1. The van der Waals surface area contributed by atoms with E-state index in [-0.39, 0.29) is 12.0 Å². The quantitative estimate of drug-likeness (QED) is 0.312. The van der Waals surface area contributed by atoms with E-state index >= 15 is 0 Å². The molecule has 4 heterocycles. The van der Waals surface area contributed by atoms with Crippen LogP contribution in [0.3, 0.4) is 0 Å². The predicted molar refractivity (Wildman–Crippen MR) is 136 cm³/mol. The number of aliphatic hydroxyl groups excluding tert-OH is 1. The fourth-order valence-electron chi connectivity index (χ4n) is 4.87. The lowest BCUT2D eigenvalue weighted by Gasteiger charge is -2.28. The summed E-state index contributed by atoms with van der Waals surface area (Å²) in [4.78, 5) is 9.22. The molecule has 6 rings (SSSR count). The molecule has 3 aromatic heterocycles. The third-order valence-electron chi connectivity index (χ3n) is 7.17. The van der Waals surface area contributed by atoms with Gasteiger partial charge >= 0.3 is 0 Å². The van der Waals surface area contributed by atoms with Crippen molar-refractivity contribution in [3.63, 3.8) is 0 Å². The molecule has 35 heavy (non-hydrogen) atoms. The second-order valence-corrected chi connectivity index (χ2v) is 9.70. The number of hydrogen-bond acceptors (Lipinski definition) is 7. The zero-order chi connectivity index (χ0) is 23.8. The van der Waals surface area contributed by atoms with Gasteiger partial charge in [0.25, 0.3) is 0 Å². The second-order valence-electron chi connectivity index (χ2n) is 9.70. The van der Waals surface area contributed by atoms with Gasteiger partial charge in [0.15, 0.2) is 5.65 Å². The maximum Gasteiger partial charge on any atom is 0.163 e. The van der Waals surface area contributed by atoms with Gasteiger partial charge in [0.2, 0.25) is 0 Å². The van der Waals surface area contributed by atoms with Crippen molar-refractivity contribution in [1.82, 2.24) is 29.5 Å². The molecule has 0 bridgehead atoms. The van der Waals surface area contributed by atoms with E-state index in [1.807, 2.05) is 36.1 Å². The van der Waals surface area contributed by atoms with E-state index in [0.717, 1.165) is 41.8 Å². The van der Waals surface area contributed by atoms with E-state index in [2.05, 4.69) is 54.9 Å². The molecule has 2 fully saturated rings. The number of aromatic nitrogens is 5. The number of imidazole rings is 1. The standard InChI is InChI=1S/C26H32N8O/c1-17-28-10-11-33(17)21-6-2-18(3-7-21)13-30-25-12-24(29-14-20-8-9-27-16-23(20)35)32-26-22(19-4-5-19)15-31-34(25)26/h2-3,6-7,10-12,15,19-20,23,27,30,35H,4-5,8-9,13-14,16H2,1H3,(H,29,32)/t20-,23+/m1/s1. The summed E-state index contributed by atoms with van der Waals surface area (Å²) in [6, 6.07) is 10.5. The number of rotatable bonds is 8. The van der Waals surface area contributed by atoms with Crippen LogP contribution in [0.15, 0.2) is 48.9 Å². The van der Waals surface area contributed by atoms with Crippen LogP contribution in [0, 0.1) is 12.8 Å². The number of β-amino-alcohol motifs (C(OH)–C–C–N with tert-alkyl or cyclic N) is 1. The molecule has 182 valence electrons. The van der Waals surface area contributed by atoms with Gasteiger partial charge in [0.1, 0.15) is 17.5 Å². The molecule has 2 atom stereocenters. The number of nitrogens with zero attached hydrogens (tertiary/aromatic N) is 5. The summed E-state index contributed by atoms with van der Waals surface area (Å²) in [6.45, 7) is 4.97. The Morgan fingerprint density at radius 2 is 2.00 bits per heavy atom. The first-order valence-electron chi connectivity index (χ1n) is 12.5. The van der Waals surface area contributed by atoms with Gasteiger partial charge in [0, 0.05) is 55.3 Å². The van der Waals surface area contributed by atoms with E-state index in [1.54, 1.807) is 0 Å². The van der Waals surface area contributed by atoms with Gasteiger partial charge in [-0.05, 0) is 56.3 Å². The number of piperidine rings is 1. The van der Waals surface area contributed by atoms with E-state index in [0.29, 0.717) is 25.6 Å². The molecule has 0 amide bonds. The SMILES string of the molecule is Cc1nccn1-c1ccc(CNc2cc(NC[C@H]3CCNC[C@@H]3O)nc3c(C4CC4)cnn23)cc1. The van der Waals surface area contributed by atoms with Gasteiger partial charge in [-0.1, -0.05) is 12.1 Å². The minimum absolute atomic E-state index is 0.219. The first-order valence-corrected chi connectivity index (χ1v) is 12.5. The Bertz CT molecular complexity index is 1310. The lowest BCUT2D eigenvalue weighted by molar-refractivity contribution is 0.0883. The lowest BCUT2D eigenvalue weighted by Crippen LogP contribution is -2.43. The highest BCUT2D eigenvalue weighted by Crippen LogP contribution is 2.42. The van der Waals surface area contributed by atoms with Crippen LogP contribution in [0.4, 0.5) is 11.6 Å². The Kier molecular flexibility index (Phi) is 5.87. The maximum atomic E-state index is 10.3. The van der Waals surface area contributed by atoms with Gasteiger partial charge in [-0.25, -0.2) is 9.97 Å². The summed E-state index contributed by atoms with van der Waals surface area (Å²) in [5.74, 6) is 3.48. The van der Waals surface area contributed by atoms with Gasteiger partial charge in [-0.3, -0.25) is 0 Å². The molecule has 4 N–H and O–H groups in total. The van der Waals surface area contributed by atoms with Crippen molar-refractivity contribution >= 4 is 17.3 Å². The topological polar surface area (TPSA) is 104 Å². The molecular weight excluding hydrogens is 440 g/mol. The van der Waals surface area contributed by atoms with Crippen molar-refractivity contribution in [1.29, 1.82) is 0 Å². The van der Waals surface area contributed by atoms with Crippen LogP contribution in [-0.4, -0.2) is 55.0 Å². The highest BCUT2D eigenvalue weighted by Gasteiger charge is 2.28. The van der Waals surface area contributed by atoms with Gasteiger partial charge in [-0.2, -0.15) is 9.61 Å². The second kappa shape index (κ2) is 9.31. The lowest BCUT2D eigenvalue weighted by atomic mass is 9.95. The van der Waals surface area contributed by atoms with Crippen LogP contribution >= 0.6 is 0 Å². The molecular formula is C26H32N8O. The van der Waals surface area contributed by atoms with E-state index in [1.165, 1.54) is 24.0 Å². The van der Waals surface area contributed by atoms with E-state index in [9.17, 15) is 5.11 Å². The fraction of sp³-hybridized carbons (Fsp3) is 0.423. The summed E-state index contributed by atoms with van der Waals surface area (Å²) in [5, 5.41) is 25.3. The Morgan fingerprint density at radius 1 is 1.14 bits per heavy atom. The Morgan fingerprint density at radius 3 is 2.74 bits per heavy atom. The molecule has 1 saturated heterocycles. The minimum Gasteiger partial charge on any atom is -0.391 e. The van der Waals surface area contributed by atoms with Crippen molar-refractivity contribution in [2.24, 2.45) is 5.92 Å². The number of fused-ring (bicyclic) bond motifs is 1. The zero-order valence-electron chi connectivity index (χ0n) is 20.0. The number of nitrogens with one attached hydrogen (secondary N) is 3. The number of benzene rings is 1. The summed E-state index contributed by atoms with van der Waals surface area (Å²) in [6.07, 6.45) is 8.79. The molecule has 1 aliphatic carbocycles. The molecule has 2 aliphatic rings. The number of anilines is 2. The summed E-state index contributed by atoms with van der Waals surface area (Å²) >= 11 is 0. The molecule has 4 aromatic rings.